The molecule has 0 spiro atoms. The largest absolute Gasteiger partial charge is 0.454 e. The molecule has 2 rings (SSSR count). The fourth-order valence-corrected chi connectivity index (χ4v) is 1.79. The number of rotatable bonds is 5. The van der Waals surface area contributed by atoms with Crippen molar-refractivity contribution in [3.63, 3.8) is 0 Å². The molecule has 0 unspecified atom stereocenters. The Labute approximate surface area is 122 Å². The first-order chi connectivity index (χ1) is 9.97. The molecule has 1 aliphatic heterocycles. The van der Waals surface area contributed by atoms with Gasteiger partial charge in [0.25, 0.3) is 5.91 Å². The Morgan fingerprint density at radius 2 is 1.90 bits per heavy atom. The van der Waals surface area contributed by atoms with E-state index in [2.05, 4.69) is 10.6 Å². The summed E-state index contributed by atoms with van der Waals surface area (Å²) in [5.74, 6) is 0.674. The van der Waals surface area contributed by atoms with E-state index in [0.29, 0.717) is 24.0 Å². The second kappa shape index (κ2) is 6.34. The van der Waals surface area contributed by atoms with E-state index in [9.17, 15) is 9.59 Å². The van der Waals surface area contributed by atoms with Gasteiger partial charge >= 0.3 is 0 Å². The number of amides is 2. The molecule has 114 valence electrons. The normalized spacial score (nSPS) is 12.3. The van der Waals surface area contributed by atoms with Crippen LogP contribution < -0.4 is 25.8 Å². The van der Waals surface area contributed by atoms with Crippen LogP contribution in [0.2, 0.25) is 0 Å². The molecule has 2 amide bonds. The lowest BCUT2D eigenvalue weighted by atomic mass is 10.1. The van der Waals surface area contributed by atoms with Gasteiger partial charge in [-0.3, -0.25) is 9.59 Å². The fraction of sp³-hybridized carbons (Fsp3) is 0.429. The standard InChI is InChI=1S/C14H19N3O4/c1-8(2)5-16-13(18)6-17-14(19)9-3-11-12(4-10(9)15)21-7-20-11/h3-4,8H,5-7,15H2,1-2H3,(H,16,18)(H,17,19). The van der Waals surface area contributed by atoms with Crippen LogP contribution in [0.4, 0.5) is 5.69 Å². The molecule has 4 N–H and O–H groups in total. The highest BCUT2D eigenvalue weighted by molar-refractivity contribution is 6.01. The molecule has 0 radical (unpaired) electrons. The van der Waals surface area contributed by atoms with Crippen LogP contribution in [0.5, 0.6) is 11.5 Å². The smallest absolute Gasteiger partial charge is 0.253 e. The molecule has 1 aromatic rings. The second-order valence-corrected chi connectivity index (χ2v) is 5.17. The maximum Gasteiger partial charge on any atom is 0.253 e. The lowest BCUT2D eigenvalue weighted by Gasteiger charge is -2.10. The van der Waals surface area contributed by atoms with Gasteiger partial charge < -0.3 is 25.8 Å². The monoisotopic (exact) mass is 293 g/mol. The van der Waals surface area contributed by atoms with Crippen molar-refractivity contribution in [2.75, 3.05) is 25.6 Å². The van der Waals surface area contributed by atoms with Crippen LogP contribution in [0, 0.1) is 5.92 Å². The summed E-state index contributed by atoms with van der Waals surface area (Å²) in [6.45, 7) is 4.57. The van der Waals surface area contributed by atoms with Gasteiger partial charge in [-0.1, -0.05) is 13.8 Å². The van der Waals surface area contributed by atoms with Crippen LogP contribution in [0.15, 0.2) is 12.1 Å². The molecule has 0 aliphatic carbocycles. The number of carbonyl (C=O) groups is 2. The number of carbonyl (C=O) groups excluding carboxylic acids is 2. The highest BCUT2D eigenvalue weighted by Gasteiger charge is 2.19. The number of benzene rings is 1. The molecule has 0 aromatic heterocycles. The minimum Gasteiger partial charge on any atom is -0.454 e. The van der Waals surface area contributed by atoms with E-state index in [-0.39, 0.29) is 30.5 Å². The first-order valence-electron chi connectivity index (χ1n) is 6.71. The molecule has 0 fully saturated rings. The van der Waals surface area contributed by atoms with Gasteiger partial charge in [0.05, 0.1) is 12.1 Å². The summed E-state index contributed by atoms with van der Waals surface area (Å²) in [4.78, 5) is 23.6. The van der Waals surface area contributed by atoms with Crippen molar-refractivity contribution in [1.29, 1.82) is 0 Å². The SMILES string of the molecule is CC(C)CNC(=O)CNC(=O)c1cc2c(cc1N)OCO2. The Morgan fingerprint density at radius 3 is 2.57 bits per heavy atom. The van der Waals surface area contributed by atoms with E-state index >= 15 is 0 Å². The summed E-state index contributed by atoms with van der Waals surface area (Å²) in [6, 6.07) is 3.05. The van der Waals surface area contributed by atoms with E-state index in [1.165, 1.54) is 12.1 Å². The Balaban J connectivity index is 1.93. The minimum atomic E-state index is -0.425. The number of hydrogen-bond donors (Lipinski definition) is 3. The van der Waals surface area contributed by atoms with Gasteiger partial charge in [0, 0.05) is 18.3 Å². The average Bonchev–Trinajstić information content (AvgIpc) is 2.88. The second-order valence-electron chi connectivity index (χ2n) is 5.17. The molecule has 7 nitrogen and oxygen atoms in total. The zero-order chi connectivity index (χ0) is 15.4. The molecule has 0 saturated carbocycles. The quantitative estimate of drug-likeness (QED) is 0.686. The van der Waals surface area contributed by atoms with E-state index in [1.807, 2.05) is 13.8 Å². The number of fused-ring (bicyclic) bond motifs is 1. The summed E-state index contributed by atoms with van der Waals surface area (Å²) >= 11 is 0. The minimum absolute atomic E-state index is 0.0978. The molecule has 0 saturated heterocycles. The molecule has 7 heteroatoms. The maximum atomic E-state index is 12.0. The van der Waals surface area contributed by atoms with Gasteiger partial charge in [-0.05, 0) is 12.0 Å². The zero-order valence-corrected chi connectivity index (χ0v) is 12.1. The Morgan fingerprint density at radius 1 is 1.24 bits per heavy atom. The Bertz CT molecular complexity index is 557. The third-order valence-electron chi connectivity index (χ3n) is 2.91. The topological polar surface area (TPSA) is 103 Å². The molecule has 0 bridgehead atoms. The van der Waals surface area contributed by atoms with Crippen molar-refractivity contribution in [3.8, 4) is 11.5 Å². The third kappa shape index (κ3) is 3.77. The summed E-state index contributed by atoms with van der Waals surface area (Å²) in [5.41, 5.74) is 6.34. The summed E-state index contributed by atoms with van der Waals surface area (Å²) in [7, 11) is 0. The predicted octanol–water partition coefficient (Wildman–Crippen LogP) is 0.499. The molecular formula is C14H19N3O4. The van der Waals surface area contributed by atoms with Crippen molar-refractivity contribution >= 4 is 17.5 Å². The van der Waals surface area contributed by atoms with Gasteiger partial charge in [0.15, 0.2) is 11.5 Å². The van der Waals surface area contributed by atoms with Gasteiger partial charge in [0.2, 0.25) is 12.7 Å². The van der Waals surface area contributed by atoms with Gasteiger partial charge in [-0.15, -0.1) is 0 Å². The molecule has 0 atom stereocenters. The van der Waals surface area contributed by atoms with Crippen LogP contribution in [0.1, 0.15) is 24.2 Å². The summed E-state index contributed by atoms with van der Waals surface area (Å²) < 4.78 is 10.4. The van der Waals surface area contributed by atoms with Gasteiger partial charge in [0.1, 0.15) is 0 Å². The van der Waals surface area contributed by atoms with E-state index in [1.54, 1.807) is 0 Å². The van der Waals surface area contributed by atoms with E-state index < -0.39 is 5.91 Å². The van der Waals surface area contributed by atoms with Crippen molar-refractivity contribution in [3.05, 3.63) is 17.7 Å². The number of nitrogen functional groups attached to an aromatic ring is 1. The average molecular weight is 293 g/mol. The summed E-state index contributed by atoms with van der Waals surface area (Å²) in [6.07, 6.45) is 0. The Hall–Kier alpha value is -2.44. The number of nitrogens with one attached hydrogen (secondary N) is 2. The van der Waals surface area contributed by atoms with E-state index in [0.717, 1.165) is 0 Å². The van der Waals surface area contributed by atoms with E-state index in [4.69, 9.17) is 15.2 Å². The highest BCUT2D eigenvalue weighted by atomic mass is 16.7. The zero-order valence-electron chi connectivity index (χ0n) is 12.1. The maximum absolute atomic E-state index is 12.0. The lowest BCUT2D eigenvalue weighted by molar-refractivity contribution is -0.120. The summed E-state index contributed by atoms with van der Waals surface area (Å²) in [5, 5.41) is 5.24. The van der Waals surface area contributed by atoms with Crippen molar-refractivity contribution in [1.82, 2.24) is 10.6 Å². The van der Waals surface area contributed by atoms with Crippen LogP contribution in [0.25, 0.3) is 0 Å². The third-order valence-corrected chi connectivity index (χ3v) is 2.91. The molecule has 1 heterocycles. The number of hydrogen-bond acceptors (Lipinski definition) is 5. The number of ether oxygens (including phenoxy) is 2. The van der Waals surface area contributed by atoms with Gasteiger partial charge in [-0.25, -0.2) is 0 Å². The van der Waals surface area contributed by atoms with Crippen molar-refractivity contribution in [2.45, 2.75) is 13.8 Å². The van der Waals surface area contributed by atoms with Crippen LogP contribution >= 0.6 is 0 Å². The molecule has 1 aromatic carbocycles. The van der Waals surface area contributed by atoms with Gasteiger partial charge in [-0.2, -0.15) is 0 Å². The van der Waals surface area contributed by atoms with Crippen LogP contribution in [-0.4, -0.2) is 31.7 Å². The van der Waals surface area contributed by atoms with Crippen LogP contribution in [-0.2, 0) is 4.79 Å². The fourth-order valence-electron chi connectivity index (χ4n) is 1.79. The molecule has 1 aliphatic rings. The number of nitrogens with two attached hydrogens (primary N) is 1. The lowest BCUT2D eigenvalue weighted by Crippen LogP contribution is -2.38. The predicted molar refractivity (Wildman–Crippen MR) is 77.2 cm³/mol. The van der Waals surface area contributed by atoms with Crippen molar-refractivity contribution in [2.24, 2.45) is 5.92 Å². The molecule has 21 heavy (non-hydrogen) atoms. The molecular weight excluding hydrogens is 274 g/mol. The Kier molecular flexibility index (Phi) is 4.52. The highest BCUT2D eigenvalue weighted by Crippen LogP contribution is 2.35. The van der Waals surface area contributed by atoms with Crippen molar-refractivity contribution < 1.29 is 19.1 Å². The first-order valence-corrected chi connectivity index (χ1v) is 6.71. The number of anilines is 1. The van der Waals surface area contributed by atoms with Crippen LogP contribution in [0.3, 0.4) is 0 Å². The first kappa shape index (κ1) is 15.0.